The molecule has 0 aliphatic rings. The molecule has 0 heterocycles. The fourth-order valence-corrected chi connectivity index (χ4v) is 3.42. The lowest BCUT2D eigenvalue weighted by Crippen LogP contribution is -1.88. The van der Waals surface area contributed by atoms with Gasteiger partial charge in [0.2, 0.25) is 0 Å². The molecule has 0 heteroatoms. The second kappa shape index (κ2) is 6.33. The monoisotopic (exact) mass is 308 g/mol. The first-order chi connectivity index (χ1) is 11.9. The Morgan fingerprint density at radius 2 is 1.33 bits per heavy atom. The van der Waals surface area contributed by atoms with Crippen LogP contribution < -0.4 is 0 Å². The molecule has 0 amide bonds. The highest BCUT2D eigenvalue weighted by molar-refractivity contribution is 6.08. The van der Waals surface area contributed by atoms with Gasteiger partial charge in [0.15, 0.2) is 0 Å². The Labute approximate surface area is 143 Å². The van der Waals surface area contributed by atoms with E-state index in [1.807, 2.05) is 0 Å². The number of rotatable bonds is 3. The van der Waals surface area contributed by atoms with Gasteiger partial charge in [-0.05, 0) is 44.7 Å². The number of fused-ring (bicyclic) bond motifs is 2. The number of hydrogen-bond acceptors (Lipinski definition) is 0. The van der Waals surface area contributed by atoms with Crippen LogP contribution in [0.15, 0.2) is 84.9 Å². The Morgan fingerprint density at radius 1 is 0.667 bits per heavy atom. The summed E-state index contributed by atoms with van der Waals surface area (Å²) in [5.74, 6) is 0. The molecule has 0 fully saturated rings. The molecule has 0 atom stereocenters. The lowest BCUT2D eigenvalue weighted by Gasteiger charge is -2.14. The van der Waals surface area contributed by atoms with Gasteiger partial charge in [0.1, 0.15) is 0 Å². The van der Waals surface area contributed by atoms with Crippen LogP contribution in [0.25, 0.3) is 38.7 Å². The molecule has 4 aromatic carbocycles. The molecule has 0 N–H and O–H groups in total. The molecule has 116 valence electrons. The average molecular weight is 308 g/mol. The molecule has 24 heavy (non-hydrogen) atoms. The summed E-state index contributed by atoms with van der Waals surface area (Å²) in [7, 11) is 0. The van der Waals surface area contributed by atoms with Gasteiger partial charge in [0.05, 0.1) is 0 Å². The molecule has 0 spiro atoms. The van der Waals surface area contributed by atoms with E-state index in [0.29, 0.717) is 0 Å². The first-order valence-corrected chi connectivity index (χ1v) is 8.55. The van der Waals surface area contributed by atoms with Crippen LogP contribution in [-0.4, -0.2) is 0 Å². The van der Waals surface area contributed by atoms with Crippen LogP contribution >= 0.6 is 0 Å². The van der Waals surface area contributed by atoms with Crippen molar-refractivity contribution in [3.8, 4) is 11.1 Å². The standard InChI is InChI=1S/C24H20/c1-2-3-9-20-17-16-19-11-5-7-14-22(19)24(20)23-15-8-12-18-10-4-6-13-21(18)23/h3-17H,2H2,1H3. The summed E-state index contributed by atoms with van der Waals surface area (Å²) in [6, 6.07) is 28.3. The quantitative estimate of drug-likeness (QED) is 0.379. The van der Waals surface area contributed by atoms with Crippen molar-refractivity contribution < 1.29 is 0 Å². The Hall–Kier alpha value is -2.86. The Balaban J connectivity index is 2.12. The third-order valence-corrected chi connectivity index (χ3v) is 4.55. The van der Waals surface area contributed by atoms with Gasteiger partial charge in [-0.2, -0.15) is 0 Å². The van der Waals surface area contributed by atoms with Crippen LogP contribution in [0.2, 0.25) is 0 Å². The SMILES string of the molecule is CCC=Cc1ccc2ccccc2c1-c1cccc2ccccc12. The van der Waals surface area contributed by atoms with Gasteiger partial charge in [-0.3, -0.25) is 0 Å². The van der Waals surface area contributed by atoms with Gasteiger partial charge in [-0.15, -0.1) is 0 Å². The predicted molar refractivity (Wildman–Crippen MR) is 106 cm³/mol. The largest absolute Gasteiger partial charge is 0.0842 e. The summed E-state index contributed by atoms with van der Waals surface area (Å²) >= 11 is 0. The fraction of sp³-hybridized carbons (Fsp3) is 0.0833. The molecule has 0 radical (unpaired) electrons. The molecule has 0 saturated carbocycles. The van der Waals surface area contributed by atoms with E-state index in [-0.39, 0.29) is 0 Å². The van der Waals surface area contributed by atoms with Crippen LogP contribution in [0.5, 0.6) is 0 Å². The lowest BCUT2D eigenvalue weighted by molar-refractivity contribution is 1.23. The maximum atomic E-state index is 2.25. The third-order valence-electron chi connectivity index (χ3n) is 4.55. The van der Waals surface area contributed by atoms with E-state index in [0.717, 1.165) is 6.42 Å². The molecule has 0 aliphatic carbocycles. The second-order valence-electron chi connectivity index (χ2n) is 6.09. The molecule has 4 rings (SSSR count). The van der Waals surface area contributed by atoms with Crippen molar-refractivity contribution in [2.75, 3.05) is 0 Å². The topological polar surface area (TPSA) is 0 Å². The minimum absolute atomic E-state index is 1.04. The number of benzene rings is 4. The second-order valence-corrected chi connectivity index (χ2v) is 6.09. The van der Waals surface area contributed by atoms with Gasteiger partial charge in [0, 0.05) is 0 Å². The van der Waals surface area contributed by atoms with E-state index < -0.39 is 0 Å². The van der Waals surface area contributed by atoms with Crippen LogP contribution in [-0.2, 0) is 0 Å². The van der Waals surface area contributed by atoms with E-state index in [1.54, 1.807) is 0 Å². The number of hydrogen-bond donors (Lipinski definition) is 0. The smallest absolute Gasteiger partial charge is 0.00267 e. The highest BCUT2D eigenvalue weighted by Crippen LogP contribution is 2.37. The summed E-state index contributed by atoms with van der Waals surface area (Å²) in [6.45, 7) is 2.18. The first-order valence-electron chi connectivity index (χ1n) is 8.55. The van der Waals surface area contributed by atoms with Gasteiger partial charge < -0.3 is 0 Å². The first kappa shape index (κ1) is 14.7. The van der Waals surface area contributed by atoms with E-state index in [2.05, 4.69) is 97.9 Å². The molecule has 0 nitrogen and oxygen atoms in total. The molecule has 4 aromatic rings. The van der Waals surface area contributed by atoms with E-state index in [9.17, 15) is 0 Å². The summed E-state index contributed by atoms with van der Waals surface area (Å²) in [5, 5.41) is 5.19. The minimum Gasteiger partial charge on any atom is -0.0842 e. The zero-order valence-corrected chi connectivity index (χ0v) is 13.9. The van der Waals surface area contributed by atoms with E-state index in [4.69, 9.17) is 0 Å². The van der Waals surface area contributed by atoms with Crippen molar-refractivity contribution in [2.24, 2.45) is 0 Å². The summed E-state index contributed by atoms with van der Waals surface area (Å²) in [4.78, 5) is 0. The Bertz CT molecular complexity index is 1030. The zero-order valence-electron chi connectivity index (χ0n) is 13.9. The van der Waals surface area contributed by atoms with Crippen molar-refractivity contribution in [3.05, 3.63) is 90.5 Å². The van der Waals surface area contributed by atoms with E-state index >= 15 is 0 Å². The van der Waals surface area contributed by atoms with Crippen molar-refractivity contribution in [3.63, 3.8) is 0 Å². The molecule has 0 aliphatic heterocycles. The Morgan fingerprint density at radius 3 is 2.12 bits per heavy atom. The van der Waals surface area contributed by atoms with Crippen molar-refractivity contribution >= 4 is 27.6 Å². The fourth-order valence-electron chi connectivity index (χ4n) is 3.42. The lowest BCUT2D eigenvalue weighted by atomic mass is 9.90. The molecular weight excluding hydrogens is 288 g/mol. The molecule has 0 saturated heterocycles. The maximum Gasteiger partial charge on any atom is -0.00267 e. The van der Waals surface area contributed by atoms with Gasteiger partial charge in [-0.1, -0.05) is 97.9 Å². The van der Waals surface area contributed by atoms with Gasteiger partial charge >= 0.3 is 0 Å². The van der Waals surface area contributed by atoms with Crippen LogP contribution in [0, 0.1) is 0 Å². The highest BCUT2D eigenvalue weighted by Gasteiger charge is 2.11. The van der Waals surface area contributed by atoms with Crippen LogP contribution in [0.1, 0.15) is 18.9 Å². The highest BCUT2D eigenvalue weighted by atomic mass is 14.1. The van der Waals surface area contributed by atoms with Gasteiger partial charge in [0.25, 0.3) is 0 Å². The third kappa shape index (κ3) is 2.51. The predicted octanol–water partition coefficient (Wildman–Crippen LogP) is 7.08. The van der Waals surface area contributed by atoms with Crippen molar-refractivity contribution in [2.45, 2.75) is 13.3 Å². The average Bonchev–Trinajstić information content (AvgIpc) is 2.65. The molecular formula is C24H20. The minimum atomic E-state index is 1.04. The van der Waals surface area contributed by atoms with Crippen molar-refractivity contribution in [1.29, 1.82) is 0 Å². The van der Waals surface area contributed by atoms with E-state index in [1.165, 1.54) is 38.2 Å². The Kier molecular flexibility index (Phi) is 3.88. The summed E-state index contributed by atoms with van der Waals surface area (Å²) in [5.41, 5.74) is 3.92. The van der Waals surface area contributed by atoms with Crippen LogP contribution in [0.4, 0.5) is 0 Å². The molecule has 0 aromatic heterocycles. The normalized spacial score (nSPS) is 11.5. The molecule has 0 unspecified atom stereocenters. The van der Waals surface area contributed by atoms with Gasteiger partial charge in [-0.25, -0.2) is 0 Å². The zero-order chi connectivity index (χ0) is 16.4. The summed E-state index contributed by atoms with van der Waals surface area (Å²) in [6.07, 6.45) is 5.53. The number of allylic oxidation sites excluding steroid dienone is 1. The molecule has 0 bridgehead atoms. The van der Waals surface area contributed by atoms with Crippen molar-refractivity contribution in [1.82, 2.24) is 0 Å². The van der Waals surface area contributed by atoms with Crippen LogP contribution in [0.3, 0.4) is 0 Å². The maximum absolute atomic E-state index is 2.25. The summed E-state index contributed by atoms with van der Waals surface area (Å²) < 4.78 is 0.